The number of aromatic hydroxyl groups is 1. The van der Waals surface area contributed by atoms with Gasteiger partial charge in [0.2, 0.25) is 5.91 Å². The van der Waals surface area contributed by atoms with Crippen LogP contribution in [0.5, 0.6) is 11.5 Å². The highest BCUT2D eigenvalue weighted by Crippen LogP contribution is 2.23. The first kappa shape index (κ1) is 13.7. The lowest BCUT2D eigenvalue weighted by molar-refractivity contribution is 0.100. The number of anilines is 1. The molecule has 0 heterocycles. The minimum Gasteiger partial charge on any atom is -0.508 e. The highest BCUT2D eigenvalue weighted by atomic mass is 16.5. The number of amides is 1. The molecule has 0 unspecified atom stereocenters. The quantitative estimate of drug-likeness (QED) is 0.778. The predicted molar refractivity (Wildman–Crippen MR) is 76.9 cm³/mol. The van der Waals surface area contributed by atoms with Crippen LogP contribution in [0, 0.1) is 0 Å². The van der Waals surface area contributed by atoms with Crippen LogP contribution in [0.25, 0.3) is 0 Å². The third-order valence-electron chi connectivity index (χ3n) is 2.94. The van der Waals surface area contributed by atoms with Crippen LogP contribution >= 0.6 is 0 Å². The molecular weight excluding hydrogens is 256 g/mol. The van der Waals surface area contributed by atoms with Gasteiger partial charge in [0.1, 0.15) is 11.5 Å². The number of phenolic OH excluding ortho intramolecular Hbond substituents is 1. The molecule has 5 nitrogen and oxygen atoms in total. The molecule has 0 aliphatic heterocycles. The number of carbonyl (C=O) groups is 1. The van der Waals surface area contributed by atoms with E-state index in [1.807, 2.05) is 0 Å². The maximum Gasteiger partial charge on any atom is 0.248 e. The summed E-state index contributed by atoms with van der Waals surface area (Å²) in [5.41, 5.74) is 7.19. The van der Waals surface area contributed by atoms with Crippen molar-refractivity contribution in [1.29, 1.82) is 0 Å². The van der Waals surface area contributed by atoms with Crippen LogP contribution in [-0.4, -0.2) is 18.1 Å². The highest BCUT2D eigenvalue weighted by Gasteiger charge is 2.04. The standard InChI is InChI=1S/C15H16N2O3/c1-20-13-6-7-14(18)11(8-13)9-17-12-4-2-10(3-5-12)15(16)19/h2-8,17-18H,9H2,1H3,(H2,16,19). The highest BCUT2D eigenvalue weighted by molar-refractivity contribution is 5.93. The zero-order valence-electron chi connectivity index (χ0n) is 11.1. The molecule has 5 heteroatoms. The van der Waals surface area contributed by atoms with E-state index in [-0.39, 0.29) is 5.75 Å². The maximum absolute atomic E-state index is 11.0. The molecule has 104 valence electrons. The van der Waals surface area contributed by atoms with E-state index in [0.29, 0.717) is 17.9 Å². The van der Waals surface area contributed by atoms with Crippen LogP contribution in [0.2, 0.25) is 0 Å². The summed E-state index contributed by atoms with van der Waals surface area (Å²) in [6, 6.07) is 11.9. The van der Waals surface area contributed by atoms with E-state index in [4.69, 9.17) is 10.5 Å². The van der Waals surface area contributed by atoms with Crippen molar-refractivity contribution < 1.29 is 14.6 Å². The van der Waals surface area contributed by atoms with Gasteiger partial charge in [0.15, 0.2) is 0 Å². The van der Waals surface area contributed by atoms with E-state index < -0.39 is 5.91 Å². The minimum atomic E-state index is -0.456. The van der Waals surface area contributed by atoms with E-state index >= 15 is 0 Å². The van der Waals surface area contributed by atoms with Gasteiger partial charge < -0.3 is 20.9 Å². The van der Waals surface area contributed by atoms with Crippen molar-refractivity contribution in [3.05, 3.63) is 53.6 Å². The number of primary amides is 1. The van der Waals surface area contributed by atoms with Gasteiger partial charge in [0.25, 0.3) is 0 Å². The van der Waals surface area contributed by atoms with E-state index in [2.05, 4.69) is 5.32 Å². The second-order valence-corrected chi connectivity index (χ2v) is 4.29. The first-order chi connectivity index (χ1) is 9.60. The topological polar surface area (TPSA) is 84.6 Å². The Morgan fingerprint density at radius 2 is 1.95 bits per heavy atom. The Kier molecular flexibility index (Phi) is 4.10. The lowest BCUT2D eigenvalue weighted by Gasteiger charge is -2.10. The molecule has 2 aromatic rings. The van der Waals surface area contributed by atoms with Crippen LogP contribution in [-0.2, 0) is 6.54 Å². The average molecular weight is 272 g/mol. The van der Waals surface area contributed by atoms with Crippen molar-refractivity contribution in [2.24, 2.45) is 5.73 Å². The van der Waals surface area contributed by atoms with Crippen LogP contribution in [0.4, 0.5) is 5.69 Å². The number of ether oxygens (including phenoxy) is 1. The molecule has 0 aliphatic rings. The van der Waals surface area contributed by atoms with Crippen molar-refractivity contribution in [3.8, 4) is 11.5 Å². The Bertz CT molecular complexity index is 609. The number of rotatable bonds is 5. The molecule has 0 atom stereocenters. The van der Waals surface area contributed by atoms with Crippen molar-refractivity contribution in [2.45, 2.75) is 6.54 Å². The summed E-state index contributed by atoms with van der Waals surface area (Å²) in [4.78, 5) is 11.0. The van der Waals surface area contributed by atoms with Crippen molar-refractivity contribution >= 4 is 11.6 Å². The smallest absolute Gasteiger partial charge is 0.248 e. The normalized spacial score (nSPS) is 10.1. The Morgan fingerprint density at radius 3 is 2.55 bits per heavy atom. The number of hydrogen-bond donors (Lipinski definition) is 3. The minimum absolute atomic E-state index is 0.201. The zero-order valence-corrected chi connectivity index (χ0v) is 11.1. The summed E-state index contributed by atoms with van der Waals surface area (Å²) in [7, 11) is 1.58. The number of nitrogens with two attached hydrogens (primary N) is 1. The second kappa shape index (κ2) is 5.97. The van der Waals surface area contributed by atoms with E-state index in [0.717, 1.165) is 11.3 Å². The fourth-order valence-electron chi connectivity index (χ4n) is 1.78. The molecule has 1 amide bonds. The molecule has 2 aromatic carbocycles. The maximum atomic E-state index is 11.0. The van der Waals surface area contributed by atoms with Gasteiger partial charge in [-0.25, -0.2) is 0 Å². The summed E-state index contributed by atoms with van der Waals surface area (Å²) >= 11 is 0. The zero-order chi connectivity index (χ0) is 14.5. The Morgan fingerprint density at radius 1 is 1.25 bits per heavy atom. The molecule has 2 rings (SSSR count). The predicted octanol–water partition coefficient (Wildman–Crippen LogP) is 2.11. The van der Waals surface area contributed by atoms with Crippen molar-refractivity contribution in [3.63, 3.8) is 0 Å². The van der Waals surface area contributed by atoms with Gasteiger partial charge in [0.05, 0.1) is 7.11 Å². The van der Waals surface area contributed by atoms with Crippen molar-refractivity contribution in [2.75, 3.05) is 12.4 Å². The van der Waals surface area contributed by atoms with Crippen LogP contribution in [0.3, 0.4) is 0 Å². The largest absolute Gasteiger partial charge is 0.508 e. The van der Waals surface area contributed by atoms with Gasteiger partial charge in [-0.05, 0) is 42.5 Å². The van der Waals surface area contributed by atoms with Gasteiger partial charge in [-0.2, -0.15) is 0 Å². The third kappa shape index (κ3) is 3.20. The number of benzene rings is 2. The molecule has 0 fully saturated rings. The Labute approximate surface area is 117 Å². The number of methoxy groups -OCH3 is 1. The number of nitrogens with one attached hydrogen (secondary N) is 1. The van der Waals surface area contributed by atoms with E-state index in [9.17, 15) is 9.90 Å². The molecule has 0 saturated carbocycles. The molecule has 20 heavy (non-hydrogen) atoms. The molecule has 0 aliphatic carbocycles. The molecule has 0 saturated heterocycles. The van der Waals surface area contributed by atoms with Crippen LogP contribution in [0.15, 0.2) is 42.5 Å². The lowest BCUT2D eigenvalue weighted by atomic mass is 10.1. The summed E-state index contributed by atoms with van der Waals surface area (Å²) in [5, 5.41) is 12.9. The molecular formula is C15H16N2O3. The SMILES string of the molecule is COc1ccc(O)c(CNc2ccc(C(N)=O)cc2)c1. The number of phenols is 1. The van der Waals surface area contributed by atoms with Gasteiger partial charge in [-0.15, -0.1) is 0 Å². The van der Waals surface area contributed by atoms with Gasteiger partial charge in [0, 0.05) is 23.4 Å². The van der Waals surface area contributed by atoms with Gasteiger partial charge >= 0.3 is 0 Å². The molecule has 4 N–H and O–H groups in total. The second-order valence-electron chi connectivity index (χ2n) is 4.29. The average Bonchev–Trinajstić information content (AvgIpc) is 2.47. The summed E-state index contributed by atoms with van der Waals surface area (Å²) in [6.45, 7) is 0.443. The van der Waals surface area contributed by atoms with E-state index in [1.54, 1.807) is 49.6 Å². The molecule has 0 aromatic heterocycles. The first-order valence-corrected chi connectivity index (χ1v) is 6.10. The van der Waals surface area contributed by atoms with Gasteiger partial charge in [-0.3, -0.25) is 4.79 Å². The fraction of sp³-hybridized carbons (Fsp3) is 0.133. The fourth-order valence-corrected chi connectivity index (χ4v) is 1.78. The Balaban J connectivity index is 2.06. The molecule has 0 bridgehead atoms. The lowest BCUT2D eigenvalue weighted by Crippen LogP contribution is -2.10. The monoisotopic (exact) mass is 272 g/mol. The van der Waals surface area contributed by atoms with Crippen LogP contribution in [0.1, 0.15) is 15.9 Å². The number of carbonyl (C=O) groups excluding carboxylic acids is 1. The third-order valence-corrected chi connectivity index (χ3v) is 2.94. The van der Waals surface area contributed by atoms with E-state index in [1.165, 1.54) is 0 Å². The van der Waals surface area contributed by atoms with Gasteiger partial charge in [-0.1, -0.05) is 0 Å². The van der Waals surface area contributed by atoms with Crippen molar-refractivity contribution in [1.82, 2.24) is 0 Å². The first-order valence-electron chi connectivity index (χ1n) is 6.10. The molecule has 0 spiro atoms. The summed E-state index contributed by atoms with van der Waals surface area (Å²) < 4.78 is 5.11. The van der Waals surface area contributed by atoms with Crippen LogP contribution < -0.4 is 15.8 Å². The molecule has 0 radical (unpaired) electrons. The summed E-state index contributed by atoms with van der Waals surface area (Å²) in [5.74, 6) is 0.428. The number of hydrogen-bond acceptors (Lipinski definition) is 4. The summed E-state index contributed by atoms with van der Waals surface area (Å²) in [6.07, 6.45) is 0. The Hall–Kier alpha value is -2.69.